The van der Waals surface area contributed by atoms with Gasteiger partial charge in [0.05, 0.1) is 6.04 Å². The molecule has 1 amide bonds. The molecule has 2 aromatic rings. The number of aromatic hydroxyl groups is 1. The first-order valence-corrected chi connectivity index (χ1v) is 6.28. The molecule has 4 nitrogen and oxygen atoms in total. The summed E-state index contributed by atoms with van der Waals surface area (Å²) in [6, 6.07) is 14.7. The third kappa shape index (κ3) is 3.68. The summed E-state index contributed by atoms with van der Waals surface area (Å²) < 4.78 is 0. The van der Waals surface area contributed by atoms with Gasteiger partial charge in [-0.1, -0.05) is 30.3 Å². The first kappa shape index (κ1) is 13.8. The monoisotopic (exact) mass is 269 g/mol. The van der Waals surface area contributed by atoms with Crippen LogP contribution >= 0.6 is 0 Å². The second kappa shape index (κ2) is 6.52. The number of rotatable bonds is 5. The van der Waals surface area contributed by atoms with E-state index in [1.807, 2.05) is 6.07 Å². The molecule has 102 valence electrons. The average Bonchev–Trinajstić information content (AvgIpc) is 2.49. The Labute approximate surface area is 117 Å². The number of amides is 1. The molecule has 0 fully saturated rings. The number of hydrogen-bond acceptors (Lipinski definition) is 3. The lowest BCUT2D eigenvalue weighted by atomic mass is 10.1. The van der Waals surface area contributed by atoms with Gasteiger partial charge < -0.3 is 15.2 Å². The zero-order valence-electron chi connectivity index (χ0n) is 10.8. The number of carbonyl (C=O) groups excluding carboxylic acids is 2. The van der Waals surface area contributed by atoms with Crippen molar-refractivity contribution in [1.29, 1.82) is 0 Å². The van der Waals surface area contributed by atoms with Gasteiger partial charge in [0.1, 0.15) is 12.0 Å². The summed E-state index contributed by atoms with van der Waals surface area (Å²) in [5, 5.41) is 11.9. The Morgan fingerprint density at radius 2 is 1.75 bits per heavy atom. The van der Waals surface area contributed by atoms with Crippen LogP contribution in [0.4, 0.5) is 0 Å². The first-order valence-electron chi connectivity index (χ1n) is 6.28. The van der Waals surface area contributed by atoms with Crippen molar-refractivity contribution in [1.82, 2.24) is 5.32 Å². The van der Waals surface area contributed by atoms with Gasteiger partial charge in [-0.25, -0.2) is 0 Å². The van der Waals surface area contributed by atoms with Crippen LogP contribution in [0.3, 0.4) is 0 Å². The minimum absolute atomic E-state index is 0.171. The topological polar surface area (TPSA) is 66.4 Å². The van der Waals surface area contributed by atoms with Gasteiger partial charge in [-0.05, 0) is 36.2 Å². The van der Waals surface area contributed by atoms with E-state index in [1.165, 1.54) is 0 Å². The molecule has 2 aromatic carbocycles. The van der Waals surface area contributed by atoms with E-state index in [0.717, 1.165) is 5.56 Å². The van der Waals surface area contributed by atoms with Crippen molar-refractivity contribution in [3.63, 3.8) is 0 Å². The molecule has 2 rings (SSSR count). The third-order valence-corrected chi connectivity index (χ3v) is 2.91. The molecule has 1 atom stereocenters. The van der Waals surface area contributed by atoms with Gasteiger partial charge in [0, 0.05) is 5.56 Å². The van der Waals surface area contributed by atoms with Gasteiger partial charge in [0.2, 0.25) is 0 Å². The number of hydrogen-bond donors (Lipinski definition) is 2. The molecule has 0 aliphatic heterocycles. The number of nitrogens with one attached hydrogen (secondary N) is 1. The van der Waals surface area contributed by atoms with Crippen LogP contribution in [0.2, 0.25) is 0 Å². The Balaban J connectivity index is 2.00. The van der Waals surface area contributed by atoms with Gasteiger partial charge in [-0.3, -0.25) is 4.79 Å². The van der Waals surface area contributed by atoms with Crippen molar-refractivity contribution < 1.29 is 14.7 Å². The van der Waals surface area contributed by atoms with Crippen molar-refractivity contribution >= 4 is 12.2 Å². The maximum Gasteiger partial charge on any atom is 0.251 e. The van der Waals surface area contributed by atoms with Gasteiger partial charge in [0.25, 0.3) is 5.91 Å². The Morgan fingerprint density at radius 1 is 1.10 bits per heavy atom. The highest BCUT2D eigenvalue weighted by Crippen LogP contribution is 2.11. The summed E-state index contributed by atoms with van der Waals surface area (Å²) in [7, 11) is 0. The van der Waals surface area contributed by atoms with Crippen LogP contribution in [0.15, 0.2) is 54.6 Å². The molecule has 4 heteroatoms. The summed E-state index contributed by atoms with van der Waals surface area (Å²) in [4.78, 5) is 23.0. The predicted molar refractivity (Wildman–Crippen MR) is 75.6 cm³/mol. The molecule has 20 heavy (non-hydrogen) atoms. The van der Waals surface area contributed by atoms with Crippen molar-refractivity contribution in [2.24, 2.45) is 0 Å². The van der Waals surface area contributed by atoms with Gasteiger partial charge in [-0.15, -0.1) is 0 Å². The highest BCUT2D eigenvalue weighted by molar-refractivity contribution is 5.95. The van der Waals surface area contributed by atoms with E-state index in [9.17, 15) is 14.7 Å². The Morgan fingerprint density at radius 3 is 2.35 bits per heavy atom. The SMILES string of the molecule is O=C[C@H](Cc1ccc(O)cc1)NC(=O)c1ccccc1. The third-order valence-electron chi connectivity index (χ3n) is 2.91. The molecule has 0 spiro atoms. The molecule has 0 heterocycles. The summed E-state index contributed by atoms with van der Waals surface area (Å²) >= 11 is 0. The Hall–Kier alpha value is -2.62. The van der Waals surface area contributed by atoms with Crippen LogP contribution < -0.4 is 5.32 Å². The number of phenols is 1. The first-order chi connectivity index (χ1) is 9.69. The predicted octanol–water partition coefficient (Wildman–Crippen LogP) is 1.93. The van der Waals surface area contributed by atoms with Crippen LogP contribution in [0.5, 0.6) is 5.75 Å². The molecule has 0 aliphatic carbocycles. The van der Waals surface area contributed by atoms with Crippen molar-refractivity contribution in [2.45, 2.75) is 12.5 Å². The van der Waals surface area contributed by atoms with Crippen molar-refractivity contribution in [3.8, 4) is 5.75 Å². The molecule has 0 bridgehead atoms. The standard InChI is InChI=1S/C16H15NO3/c18-11-14(10-12-6-8-15(19)9-7-12)17-16(20)13-4-2-1-3-5-13/h1-9,11,14,19H,10H2,(H,17,20)/t14-/m0/s1. The summed E-state index contributed by atoms with van der Waals surface area (Å²) in [6.45, 7) is 0. The van der Waals surface area contributed by atoms with Crippen LogP contribution in [0, 0.1) is 0 Å². The number of phenolic OH excluding ortho intramolecular Hbond substituents is 1. The summed E-state index contributed by atoms with van der Waals surface area (Å²) in [5.41, 5.74) is 1.39. The molecule has 2 N–H and O–H groups in total. The minimum atomic E-state index is -0.591. The lowest BCUT2D eigenvalue weighted by Gasteiger charge is -2.13. The van der Waals surface area contributed by atoms with Crippen LogP contribution in [0.1, 0.15) is 15.9 Å². The normalized spacial score (nSPS) is 11.6. The van der Waals surface area contributed by atoms with Crippen molar-refractivity contribution in [2.75, 3.05) is 0 Å². The van der Waals surface area contributed by atoms with Crippen LogP contribution in [0.25, 0.3) is 0 Å². The average molecular weight is 269 g/mol. The maximum absolute atomic E-state index is 11.9. The summed E-state index contributed by atoms with van der Waals surface area (Å²) in [6.07, 6.45) is 1.11. The molecular weight excluding hydrogens is 254 g/mol. The Kier molecular flexibility index (Phi) is 4.50. The van der Waals surface area contributed by atoms with Gasteiger partial charge >= 0.3 is 0 Å². The van der Waals surface area contributed by atoms with Gasteiger partial charge in [0.15, 0.2) is 0 Å². The quantitative estimate of drug-likeness (QED) is 0.815. The zero-order chi connectivity index (χ0) is 14.4. The number of carbonyl (C=O) groups is 2. The molecule has 0 aliphatic rings. The lowest BCUT2D eigenvalue weighted by Crippen LogP contribution is -2.37. The van der Waals surface area contributed by atoms with Crippen LogP contribution in [-0.2, 0) is 11.2 Å². The molecule has 0 aromatic heterocycles. The number of aldehydes is 1. The minimum Gasteiger partial charge on any atom is -0.508 e. The Bertz CT molecular complexity index is 578. The molecule has 0 saturated heterocycles. The fourth-order valence-electron chi connectivity index (χ4n) is 1.86. The second-order valence-electron chi connectivity index (χ2n) is 4.45. The van der Waals surface area contributed by atoms with E-state index in [2.05, 4.69) is 5.32 Å². The highest BCUT2D eigenvalue weighted by atomic mass is 16.3. The van der Waals surface area contributed by atoms with Crippen molar-refractivity contribution in [3.05, 3.63) is 65.7 Å². The van der Waals surface area contributed by atoms with Gasteiger partial charge in [-0.2, -0.15) is 0 Å². The van der Waals surface area contributed by atoms with Crippen LogP contribution in [-0.4, -0.2) is 23.3 Å². The smallest absolute Gasteiger partial charge is 0.251 e. The van der Waals surface area contributed by atoms with E-state index >= 15 is 0 Å². The van der Waals surface area contributed by atoms with E-state index < -0.39 is 6.04 Å². The molecular formula is C16H15NO3. The molecule has 0 unspecified atom stereocenters. The summed E-state index contributed by atoms with van der Waals surface area (Å²) in [5.74, 6) is -0.105. The van der Waals surface area contributed by atoms with E-state index in [1.54, 1.807) is 48.5 Å². The fraction of sp³-hybridized carbons (Fsp3) is 0.125. The van der Waals surface area contributed by atoms with E-state index in [-0.39, 0.29) is 11.7 Å². The molecule has 0 saturated carbocycles. The second-order valence-corrected chi connectivity index (χ2v) is 4.45. The molecule has 0 radical (unpaired) electrons. The fourth-order valence-corrected chi connectivity index (χ4v) is 1.86. The lowest BCUT2D eigenvalue weighted by molar-refractivity contribution is -0.109. The highest BCUT2D eigenvalue weighted by Gasteiger charge is 2.13. The zero-order valence-corrected chi connectivity index (χ0v) is 10.8. The van der Waals surface area contributed by atoms with E-state index in [4.69, 9.17) is 0 Å². The largest absolute Gasteiger partial charge is 0.508 e. The maximum atomic E-state index is 11.9. The number of benzene rings is 2. The van der Waals surface area contributed by atoms with E-state index in [0.29, 0.717) is 18.3 Å².